The summed E-state index contributed by atoms with van der Waals surface area (Å²) in [6.07, 6.45) is -3.23. The zero-order valence-corrected chi connectivity index (χ0v) is 27.2. The molecule has 2 aromatic carbocycles. The Balaban J connectivity index is 1.27. The summed E-state index contributed by atoms with van der Waals surface area (Å²) in [5.74, 6) is -0.374. The second kappa shape index (κ2) is 15.0. The van der Waals surface area contributed by atoms with Gasteiger partial charge in [-0.2, -0.15) is 4.98 Å². The molecule has 254 valence electrons. The second-order valence-corrected chi connectivity index (χ2v) is 15.2. The predicted molar refractivity (Wildman–Crippen MR) is 157 cm³/mol. The van der Waals surface area contributed by atoms with Crippen molar-refractivity contribution in [2.75, 3.05) is 37.8 Å². The summed E-state index contributed by atoms with van der Waals surface area (Å²) < 4.78 is 67.6. The lowest BCUT2D eigenvalue weighted by Gasteiger charge is -2.35. The summed E-state index contributed by atoms with van der Waals surface area (Å²) in [6.45, 7) is 1.06. The van der Waals surface area contributed by atoms with Crippen molar-refractivity contribution in [3.8, 4) is 0 Å². The van der Waals surface area contributed by atoms with Gasteiger partial charge in [0.05, 0.1) is 25.4 Å². The molecule has 1 aromatic heterocycles. The molecular weight excluding hydrogens is 683 g/mol. The summed E-state index contributed by atoms with van der Waals surface area (Å²) >= 11 is 0. The molecular formula is C27H29N3O14P3-3. The summed E-state index contributed by atoms with van der Waals surface area (Å²) in [5, 5.41) is 0. The maximum absolute atomic E-state index is 13.0. The van der Waals surface area contributed by atoms with Crippen LogP contribution >= 0.6 is 23.2 Å². The predicted octanol–water partition coefficient (Wildman–Crippen LogP) is 1.33. The summed E-state index contributed by atoms with van der Waals surface area (Å²) in [6, 6.07) is 16.8. The maximum atomic E-state index is 13.0. The van der Waals surface area contributed by atoms with Crippen LogP contribution < -0.4 is 25.3 Å². The Labute approximate surface area is 268 Å². The van der Waals surface area contributed by atoms with Crippen molar-refractivity contribution in [3.05, 3.63) is 94.5 Å². The molecule has 0 aliphatic carbocycles. The molecule has 47 heavy (non-hydrogen) atoms. The molecule has 0 saturated carbocycles. The normalized spacial score (nSPS) is 23.7. The highest BCUT2D eigenvalue weighted by Gasteiger charge is 2.41. The first-order valence-electron chi connectivity index (χ1n) is 14.2. The molecule has 2 fully saturated rings. The van der Waals surface area contributed by atoms with E-state index in [2.05, 4.69) is 13.6 Å². The number of hydrogen-bond acceptors (Lipinski definition) is 16. The number of esters is 1. The van der Waals surface area contributed by atoms with Crippen LogP contribution in [0.25, 0.3) is 0 Å². The second-order valence-electron chi connectivity index (χ2n) is 10.4. The maximum Gasteiger partial charge on any atom is 0.351 e. The van der Waals surface area contributed by atoms with E-state index < -0.39 is 66.1 Å². The average Bonchev–Trinajstić information content (AvgIpc) is 3.42. The largest absolute Gasteiger partial charge is 0.778 e. The Hall–Kier alpha value is -3.04. The fourth-order valence-electron chi connectivity index (χ4n) is 4.83. The number of benzene rings is 2. The highest BCUT2D eigenvalue weighted by Crippen LogP contribution is 2.63. The van der Waals surface area contributed by atoms with Crippen LogP contribution in [-0.4, -0.2) is 60.6 Å². The van der Waals surface area contributed by atoms with Gasteiger partial charge in [0, 0.05) is 31.9 Å². The van der Waals surface area contributed by atoms with Crippen LogP contribution in [-0.2, 0) is 47.2 Å². The zero-order valence-electron chi connectivity index (χ0n) is 24.5. The number of aromatic nitrogens is 2. The third-order valence-electron chi connectivity index (χ3n) is 6.95. The number of phosphoric ester groups is 1. The van der Waals surface area contributed by atoms with E-state index in [0.29, 0.717) is 32.1 Å². The standard InChI is InChI=1S/C27H32N3O14P3/c31-26(21-9-5-2-6-10-21)42-22-17-25(30-12-11-24(28-27(30)32)29-13-15-39-16-14-29)41-23(22)18-40-46(35,36)44-47(37,38)43-45(33,34)19-20-7-3-1-4-8-20/h1-12,22-23,25H,13-19H2,(H,33,34)(H,35,36)(H,37,38)/p-3/t22-,23-,25-/m1/s1. The molecule has 3 heterocycles. The Morgan fingerprint density at radius 2 is 1.57 bits per heavy atom. The van der Waals surface area contributed by atoms with Crippen LogP contribution in [0.3, 0.4) is 0 Å². The molecule has 2 saturated heterocycles. The van der Waals surface area contributed by atoms with E-state index in [-0.39, 0.29) is 17.5 Å². The van der Waals surface area contributed by atoms with Crippen molar-refractivity contribution in [1.29, 1.82) is 0 Å². The van der Waals surface area contributed by atoms with Crippen LogP contribution in [0.15, 0.2) is 77.7 Å². The highest BCUT2D eigenvalue weighted by molar-refractivity contribution is 7.66. The number of phosphoric acid groups is 2. The SMILES string of the molecule is O=C(O[C@@H]1C[C@H](n2ccc(N3CCOCC3)nc2=O)O[C@@H]1COP(=O)([O-])OP(=O)([O-])OP(=O)([O-])Cc1ccccc1)c1ccccc1. The highest BCUT2D eigenvalue weighted by atomic mass is 31.3. The Bertz CT molecular complexity index is 1740. The third-order valence-corrected chi connectivity index (χ3v) is 11.6. The van der Waals surface area contributed by atoms with Crippen molar-refractivity contribution in [2.24, 2.45) is 0 Å². The lowest BCUT2D eigenvalue weighted by molar-refractivity contribution is -0.246. The fourth-order valence-corrected chi connectivity index (χ4v) is 8.82. The minimum absolute atomic E-state index is 0.142. The van der Waals surface area contributed by atoms with Crippen LogP contribution in [0, 0.1) is 0 Å². The number of carbonyl (C=O) groups excluding carboxylic acids is 1. The lowest BCUT2D eigenvalue weighted by atomic mass is 10.1. The number of rotatable bonds is 13. The number of hydrogen-bond donors (Lipinski definition) is 0. The van der Waals surface area contributed by atoms with Gasteiger partial charge in [0.2, 0.25) is 0 Å². The fraction of sp³-hybridized carbons (Fsp3) is 0.370. The first-order valence-corrected chi connectivity index (χ1v) is 18.8. The zero-order chi connectivity index (χ0) is 33.7. The van der Waals surface area contributed by atoms with E-state index in [0.717, 1.165) is 4.57 Å². The monoisotopic (exact) mass is 712 g/mol. The molecule has 2 aliphatic heterocycles. The van der Waals surface area contributed by atoms with Gasteiger partial charge in [-0.1, -0.05) is 48.5 Å². The average molecular weight is 712 g/mol. The van der Waals surface area contributed by atoms with Crippen LogP contribution in [0.2, 0.25) is 0 Å². The summed E-state index contributed by atoms with van der Waals surface area (Å²) in [7, 11) is -17.0. The van der Waals surface area contributed by atoms with E-state index in [1.165, 1.54) is 42.6 Å². The van der Waals surface area contributed by atoms with E-state index in [4.69, 9.17) is 18.7 Å². The molecule has 0 N–H and O–H groups in total. The quantitative estimate of drug-likeness (QED) is 0.180. The van der Waals surface area contributed by atoms with Crippen molar-refractivity contribution in [3.63, 3.8) is 0 Å². The molecule has 2 aliphatic rings. The Kier molecular flexibility index (Phi) is 11.3. The number of morpholine rings is 1. The van der Waals surface area contributed by atoms with Crippen molar-refractivity contribution in [2.45, 2.75) is 31.0 Å². The summed E-state index contributed by atoms with van der Waals surface area (Å²) in [4.78, 5) is 68.7. The molecule has 20 heteroatoms. The van der Waals surface area contributed by atoms with Gasteiger partial charge < -0.3 is 42.9 Å². The molecule has 0 amide bonds. The molecule has 0 spiro atoms. The molecule has 17 nitrogen and oxygen atoms in total. The number of ether oxygens (including phenoxy) is 3. The van der Waals surface area contributed by atoms with Crippen molar-refractivity contribution < 1.29 is 60.5 Å². The minimum Gasteiger partial charge on any atom is -0.778 e. The van der Waals surface area contributed by atoms with Crippen molar-refractivity contribution in [1.82, 2.24) is 9.55 Å². The first kappa shape index (κ1) is 35.3. The smallest absolute Gasteiger partial charge is 0.351 e. The molecule has 6 atom stereocenters. The van der Waals surface area contributed by atoms with Crippen LogP contribution in [0.5, 0.6) is 0 Å². The van der Waals surface area contributed by atoms with E-state index >= 15 is 0 Å². The van der Waals surface area contributed by atoms with Crippen LogP contribution in [0.4, 0.5) is 5.82 Å². The van der Waals surface area contributed by atoms with Gasteiger partial charge in [-0.25, -0.2) is 13.9 Å². The van der Waals surface area contributed by atoms with Gasteiger partial charge in [0.1, 0.15) is 31.8 Å². The molecule has 0 radical (unpaired) electrons. The van der Waals surface area contributed by atoms with Gasteiger partial charge in [-0.3, -0.25) is 18.0 Å². The number of anilines is 1. The van der Waals surface area contributed by atoms with Gasteiger partial charge >= 0.3 is 11.7 Å². The minimum atomic E-state index is -6.01. The Morgan fingerprint density at radius 1 is 0.915 bits per heavy atom. The number of nitrogens with zero attached hydrogens (tertiary/aromatic N) is 3. The van der Waals surface area contributed by atoms with Gasteiger partial charge in [0.15, 0.2) is 0 Å². The van der Waals surface area contributed by atoms with Crippen molar-refractivity contribution >= 4 is 35.0 Å². The summed E-state index contributed by atoms with van der Waals surface area (Å²) in [5.41, 5.74) is -0.348. The third kappa shape index (κ3) is 9.99. The molecule has 3 unspecified atom stereocenters. The van der Waals surface area contributed by atoms with Gasteiger partial charge in [-0.15, -0.1) is 0 Å². The first-order chi connectivity index (χ1) is 22.3. The van der Waals surface area contributed by atoms with E-state index in [1.807, 2.05) is 4.90 Å². The Morgan fingerprint density at radius 3 is 2.23 bits per heavy atom. The van der Waals surface area contributed by atoms with Crippen LogP contribution in [0.1, 0.15) is 28.6 Å². The topological polar surface area (TPSA) is 231 Å². The van der Waals surface area contributed by atoms with Gasteiger partial charge in [0.25, 0.3) is 15.6 Å². The van der Waals surface area contributed by atoms with E-state index in [9.17, 15) is 38.0 Å². The molecule has 5 rings (SSSR count). The number of carbonyl (C=O) groups is 1. The van der Waals surface area contributed by atoms with Gasteiger partial charge in [-0.05, 0) is 23.8 Å². The molecule has 3 aromatic rings. The van der Waals surface area contributed by atoms with E-state index in [1.54, 1.807) is 30.3 Å². The lowest BCUT2D eigenvalue weighted by Crippen LogP contribution is -2.38. The molecule has 0 bridgehead atoms.